The molecule has 0 aromatic heterocycles. The summed E-state index contributed by atoms with van der Waals surface area (Å²) in [7, 11) is 0. The first-order chi connectivity index (χ1) is 8.76. The Morgan fingerprint density at radius 3 is 2.50 bits per heavy atom. The molecule has 0 saturated heterocycles. The maximum atomic E-state index is 3.52. The highest BCUT2D eigenvalue weighted by Crippen LogP contribution is 2.03. The summed E-state index contributed by atoms with van der Waals surface area (Å²) >= 11 is 0. The molecule has 102 valence electrons. The second kappa shape index (κ2) is 9.12. The van der Waals surface area contributed by atoms with E-state index in [1.165, 1.54) is 18.5 Å². The highest BCUT2D eigenvalue weighted by molar-refractivity contribution is 5.14. The second-order valence-corrected chi connectivity index (χ2v) is 5.07. The normalized spacial score (nSPS) is 12.9. The highest BCUT2D eigenvalue weighted by atomic mass is 15.1. The lowest BCUT2D eigenvalue weighted by molar-refractivity contribution is 0.245. The Hall–Kier alpha value is -0.860. The Labute approximate surface area is 112 Å². The van der Waals surface area contributed by atoms with Gasteiger partial charge in [0.25, 0.3) is 0 Å². The lowest BCUT2D eigenvalue weighted by atomic mass is 10.1. The number of benzene rings is 1. The van der Waals surface area contributed by atoms with Gasteiger partial charge >= 0.3 is 0 Å². The summed E-state index contributed by atoms with van der Waals surface area (Å²) < 4.78 is 0. The van der Waals surface area contributed by atoms with E-state index < -0.39 is 0 Å². The van der Waals surface area contributed by atoms with Gasteiger partial charge in [-0.2, -0.15) is 0 Å². The molecule has 2 heteroatoms. The minimum atomic E-state index is 0.805. The number of hydrogen-bond donors (Lipinski definition) is 1. The molecule has 18 heavy (non-hydrogen) atoms. The van der Waals surface area contributed by atoms with Gasteiger partial charge in [-0.15, -0.1) is 0 Å². The van der Waals surface area contributed by atoms with Gasteiger partial charge < -0.3 is 10.2 Å². The van der Waals surface area contributed by atoms with E-state index in [9.17, 15) is 0 Å². The van der Waals surface area contributed by atoms with Gasteiger partial charge in [0.05, 0.1) is 0 Å². The summed E-state index contributed by atoms with van der Waals surface area (Å²) in [6, 6.07) is 10.6. The fourth-order valence-electron chi connectivity index (χ4n) is 2.01. The molecule has 0 bridgehead atoms. The molecule has 0 aliphatic carbocycles. The van der Waals surface area contributed by atoms with Crippen molar-refractivity contribution in [2.24, 2.45) is 5.92 Å². The van der Waals surface area contributed by atoms with E-state index in [0.717, 1.165) is 32.1 Å². The minimum Gasteiger partial charge on any atom is -0.311 e. The van der Waals surface area contributed by atoms with Crippen molar-refractivity contribution in [3.05, 3.63) is 35.9 Å². The van der Waals surface area contributed by atoms with Crippen LogP contribution in [-0.2, 0) is 6.54 Å². The summed E-state index contributed by atoms with van der Waals surface area (Å²) in [4.78, 5) is 2.53. The molecule has 0 amide bonds. The molecule has 1 N–H and O–H groups in total. The van der Waals surface area contributed by atoms with Crippen molar-refractivity contribution in [1.82, 2.24) is 10.2 Å². The van der Waals surface area contributed by atoms with Crippen LogP contribution in [0.4, 0.5) is 0 Å². The van der Waals surface area contributed by atoms with Gasteiger partial charge in [0, 0.05) is 26.2 Å². The molecule has 1 aromatic carbocycles. The van der Waals surface area contributed by atoms with Crippen molar-refractivity contribution in [2.75, 3.05) is 26.2 Å². The van der Waals surface area contributed by atoms with Gasteiger partial charge in [0.1, 0.15) is 0 Å². The lowest BCUT2D eigenvalue weighted by Crippen LogP contribution is -2.34. The van der Waals surface area contributed by atoms with Crippen molar-refractivity contribution < 1.29 is 0 Å². The van der Waals surface area contributed by atoms with Gasteiger partial charge in [-0.3, -0.25) is 0 Å². The number of nitrogens with one attached hydrogen (secondary N) is 1. The lowest BCUT2D eigenvalue weighted by Gasteiger charge is -2.23. The van der Waals surface area contributed by atoms with Crippen LogP contribution in [0, 0.1) is 5.92 Å². The third-order valence-corrected chi connectivity index (χ3v) is 3.49. The molecule has 0 heterocycles. The zero-order valence-corrected chi connectivity index (χ0v) is 12.2. The Morgan fingerprint density at radius 2 is 1.89 bits per heavy atom. The van der Waals surface area contributed by atoms with Crippen molar-refractivity contribution >= 4 is 0 Å². The average molecular weight is 248 g/mol. The monoisotopic (exact) mass is 248 g/mol. The average Bonchev–Trinajstić information content (AvgIpc) is 2.43. The molecule has 0 saturated carbocycles. The van der Waals surface area contributed by atoms with Crippen LogP contribution in [0.15, 0.2) is 30.3 Å². The van der Waals surface area contributed by atoms with Gasteiger partial charge in [0.2, 0.25) is 0 Å². The van der Waals surface area contributed by atoms with E-state index in [0.29, 0.717) is 0 Å². The van der Waals surface area contributed by atoms with Crippen LogP contribution in [-0.4, -0.2) is 31.1 Å². The largest absolute Gasteiger partial charge is 0.311 e. The molecule has 0 aliphatic heterocycles. The first kappa shape index (κ1) is 15.2. The van der Waals surface area contributed by atoms with E-state index in [2.05, 4.69) is 61.3 Å². The standard InChI is InChI=1S/C16H28N2/c1-4-15(3)14-18(5-2)12-11-17-13-16-9-7-6-8-10-16/h6-10,15,17H,4-5,11-14H2,1-3H3. The predicted molar refractivity (Wildman–Crippen MR) is 79.7 cm³/mol. The Balaban J connectivity index is 2.15. The Bertz CT molecular complexity index is 297. The highest BCUT2D eigenvalue weighted by Gasteiger charge is 2.06. The SMILES string of the molecule is CCC(C)CN(CC)CCNCc1ccccc1. The smallest absolute Gasteiger partial charge is 0.0206 e. The van der Waals surface area contributed by atoms with Crippen LogP contribution in [0.3, 0.4) is 0 Å². The number of nitrogens with zero attached hydrogens (tertiary/aromatic N) is 1. The minimum absolute atomic E-state index is 0.805. The van der Waals surface area contributed by atoms with Crippen LogP contribution in [0.2, 0.25) is 0 Å². The molecule has 1 rings (SSSR count). The molecule has 0 spiro atoms. The molecular weight excluding hydrogens is 220 g/mol. The van der Waals surface area contributed by atoms with Gasteiger partial charge in [-0.1, -0.05) is 57.5 Å². The van der Waals surface area contributed by atoms with Crippen LogP contribution >= 0.6 is 0 Å². The van der Waals surface area contributed by atoms with E-state index in [1.807, 2.05) is 0 Å². The molecule has 1 aromatic rings. The van der Waals surface area contributed by atoms with Crippen LogP contribution in [0.5, 0.6) is 0 Å². The van der Waals surface area contributed by atoms with Crippen LogP contribution in [0.1, 0.15) is 32.8 Å². The van der Waals surface area contributed by atoms with E-state index in [4.69, 9.17) is 0 Å². The summed E-state index contributed by atoms with van der Waals surface area (Å²) in [5.41, 5.74) is 1.36. The topological polar surface area (TPSA) is 15.3 Å². The molecule has 0 fully saturated rings. The summed E-state index contributed by atoms with van der Waals surface area (Å²) in [6.07, 6.45) is 1.27. The van der Waals surface area contributed by atoms with Crippen LogP contribution < -0.4 is 5.32 Å². The number of rotatable bonds is 9. The van der Waals surface area contributed by atoms with Crippen molar-refractivity contribution in [3.8, 4) is 0 Å². The maximum absolute atomic E-state index is 3.52. The Kier molecular flexibility index (Phi) is 7.70. The molecule has 1 unspecified atom stereocenters. The number of hydrogen-bond acceptors (Lipinski definition) is 2. The first-order valence-electron chi connectivity index (χ1n) is 7.23. The molecule has 0 aliphatic rings. The molecule has 2 nitrogen and oxygen atoms in total. The Morgan fingerprint density at radius 1 is 1.17 bits per heavy atom. The van der Waals surface area contributed by atoms with Gasteiger partial charge in [-0.25, -0.2) is 0 Å². The summed E-state index contributed by atoms with van der Waals surface area (Å²) in [6.45, 7) is 12.4. The van der Waals surface area contributed by atoms with E-state index in [-0.39, 0.29) is 0 Å². The van der Waals surface area contributed by atoms with Gasteiger partial charge in [0.15, 0.2) is 0 Å². The van der Waals surface area contributed by atoms with E-state index >= 15 is 0 Å². The summed E-state index contributed by atoms with van der Waals surface area (Å²) in [5, 5.41) is 3.52. The van der Waals surface area contributed by atoms with Crippen LogP contribution in [0.25, 0.3) is 0 Å². The summed E-state index contributed by atoms with van der Waals surface area (Å²) in [5.74, 6) is 0.805. The van der Waals surface area contributed by atoms with Gasteiger partial charge in [-0.05, 0) is 18.0 Å². The quantitative estimate of drug-likeness (QED) is 0.675. The number of likely N-dealkylation sites (N-methyl/N-ethyl adjacent to an activating group) is 1. The first-order valence-corrected chi connectivity index (χ1v) is 7.23. The molecular formula is C16H28N2. The molecule has 1 atom stereocenters. The second-order valence-electron chi connectivity index (χ2n) is 5.07. The third kappa shape index (κ3) is 6.18. The van der Waals surface area contributed by atoms with Crippen molar-refractivity contribution in [1.29, 1.82) is 0 Å². The fraction of sp³-hybridized carbons (Fsp3) is 0.625. The fourth-order valence-corrected chi connectivity index (χ4v) is 2.01. The van der Waals surface area contributed by atoms with Crippen molar-refractivity contribution in [2.45, 2.75) is 33.7 Å². The van der Waals surface area contributed by atoms with Crippen molar-refractivity contribution in [3.63, 3.8) is 0 Å². The molecule has 0 radical (unpaired) electrons. The van der Waals surface area contributed by atoms with E-state index in [1.54, 1.807) is 0 Å². The zero-order chi connectivity index (χ0) is 13.2. The maximum Gasteiger partial charge on any atom is 0.0206 e. The zero-order valence-electron chi connectivity index (χ0n) is 12.2. The third-order valence-electron chi connectivity index (χ3n) is 3.49. The predicted octanol–water partition coefficient (Wildman–Crippen LogP) is 3.14.